The largest absolute Gasteiger partial charge is 0.383 e. The number of nitrogens with two attached hydrogens (primary N) is 1. The smallest absolute Gasteiger partial charge is 0.183 e. The van der Waals surface area contributed by atoms with Crippen molar-refractivity contribution in [3.63, 3.8) is 0 Å². The van der Waals surface area contributed by atoms with Gasteiger partial charge in [-0.15, -0.1) is 0 Å². The normalized spacial score (nSPS) is 25.8. The highest BCUT2D eigenvalue weighted by molar-refractivity contribution is 7.92. The summed E-state index contributed by atoms with van der Waals surface area (Å²) >= 11 is 5.88. The molecule has 3 rings (SSSR count). The molecule has 3 atom stereocenters. The van der Waals surface area contributed by atoms with E-state index in [4.69, 9.17) is 22.1 Å². The summed E-state index contributed by atoms with van der Waals surface area (Å²) < 4.78 is 31.5. The molecule has 25 heavy (non-hydrogen) atoms. The number of benzene rings is 2. The first kappa shape index (κ1) is 18.4. The first-order chi connectivity index (χ1) is 11.8. The van der Waals surface area contributed by atoms with E-state index in [0.29, 0.717) is 5.02 Å². The lowest BCUT2D eigenvalue weighted by Crippen LogP contribution is -2.35. The van der Waals surface area contributed by atoms with Crippen molar-refractivity contribution in [2.75, 3.05) is 13.7 Å². The molecule has 0 heterocycles. The van der Waals surface area contributed by atoms with Gasteiger partial charge in [-0.2, -0.15) is 0 Å². The highest BCUT2D eigenvalue weighted by Gasteiger charge is 2.69. The molecule has 1 aliphatic carbocycles. The number of sulfone groups is 1. The average molecular weight is 380 g/mol. The first-order valence-electron chi connectivity index (χ1n) is 8.20. The molecule has 2 N–H and O–H groups in total. The molecule has 2 aromatic carbocycles. The van der Waals surface area contributed by atoms with Crippen LogP contribution < -0.4 is 5.73 Å². The molecule has 0 bridgehead atoms. The second-order valence-corrected chi connectivity index (χ2v) is 9.04. The van der Waals surface area contributed by atoms with E-state index in [1.54, 1.807) is 12.1 Å². The molecule has 0 aromatic heterocycles. The fourth-order valence-electron chi connectivity index (χ4n) is 3.53. The van der Waals surface area contributed by atoms with Gasteiger partial charge >= 0.3 is 0 Å². The minimum Gasteiger partial charge on any atom is -0.383 e. The molecule has 1 fully saturated rings. The molecule has 134 valence electrons. The zero-order valence-corrected chi connectivity index (χ0v) is 15.8. The van der Waals surface area contributed by atoms with Crippen LogP contribution in [0.1, 0.15) is 24.0 Å². The Balaban J connectivity index is 1.99. The number of halogens is 1. The summed E-state index contributed by atoms with van der Waals surface area (Å²) in [5, 5.41) is -0.217. The van der Waals surface area contributed by atoms with E-state index in [0.717, 1.165) is 12.0 Å². The standard InChI is InChI=1S/C19H22ClNO3S/c1-3-13-4-6-14(7-5-13)17-18(19(17,21)12-24-2)25(22,23)16-10-8-15(20)9-11-16/h4-11,17-18H,3,12,21H2,1-2H3/t17-,18+,19+/m1/s1. The Kier molecular flexibility index (Phi) is 4.95. The number of aryl methyl sites for hydroxylation is 1. The summed E-state index contributed by atoms with van der Waals surface area (Å²) in [4.78, 5) is 0.237. The monoisotopic (exact) mass is 379 g/mol. The van der Waals surface area contributed by atoms with E-state index >= 15 is 0 Å². The maximum Gasteiger partial charge on any atom is 0.183 e. The van der Waals surface area contributed by atoms with E-state index in [1.165, 1.54) is 24.8 Å². The van der Waals surface area contributed by atoms with Crippen molar-refractivity contribution < 1.29 is 13.2 Å². The third kappa shape index (κ3) is 3.22. The van der Waals surface area contributed by atoms with Gasteiger partial charge in [0, 0.05) is 18.1 Å². The third-order valence-corrected chi connectivity index (χ3v) is 7.48. The molecule has 0 aliphatic heterocycles. The lowest BCUT2D eigenvalue weighted by atomic mass is 10.0. The molecule has 4 nitrogen and oxygen atoms in total. The van der Waals surface area contributed by atoms with Gasteiger partial charge in [0.25, 0.3) is 0 Å². The van der Waals surface area contributed by atoms with Gasteiger partial charge in [-0.1, -0.05) is 42.8 Å². The van der Waals surface area contributed by atoms with Crippen LogP contribution in [0.15, 0.2) is 53.4 Å². The first-order valence-corrected chi connectivity index (χ1v) is 10.1. The zero-order valence-electron chi connectivity index (χ0n) is 14.3. The number of ether oxygens (including phenoxy) is 1. The average Bonchev–Trinajstić information content (AvgIpc) is 3.22. The fourth-order valence-corrected chi connectivity index (χ4v) is 5.95. The van der Waals surface area contributed by atoms with Crippen LogP contribution in [0, 0.1) is 0 Å². The molecule has 1 saturated carbocycles. The van der Waals surface area contributed by atoms with E-state index in [-0.39, 0.29) is 17.4 Å². The summed E-state index contributed by atoms with van der Waals surface area (Å²) in [6.45, 7) is 2.27. The second-order valence-electron chi connectivity index (χ2n) is 6.54. The van der Waals surface area contributed by atoms with Gasteiger partial charge in [-0.25, -0.2) is 8.42 Å². The van der Waals surface area contributed by atoms with Crippen molar-refractivity contribution in [1.29, 1.82) is 0 Å². The van der Waals surface area contributed by atoms with E-state index in [1.807, 2.05) is 24.3 Å². The molecule has 2 aromatic rings. The molecule has 1 aliphatic rings. The van der Waals surface area contributed by atoms with Gasteiger partial charge in [-0.05, 0) is 41.8 Å². The molecule has 0 spiro atoms. The molecule has 0 unspecified atom stereocenters. The van der Waals surface area contributed by atoms with Crippen LogP contribution in [0.3, 0.4) is 0 Å². The molecule has 6 heteroatoms. The van der Waals surface area contributed by atoms with Crippen molar-refractivity contribution in [1.82, 2.24) is 0 Å². The van der Waals surface area contributed by atoms with Gasteiger partial charge in [0.15, 0.2) is 9.84 Å². The highest BCUT2D eigenvalue weighted by Crippen LogP contribution is 2.55. The van der Waals surface area contributed by atoms with Crippen molar-refractivity contribution in [2.24, 2.45) is 5.73 Å². The Morgan fingerprint density at radius 2 is 1.72 bits per heavy atom. The van der Waals surface area contributed by atoms with Crippen LogP contribution in [0.2, 0.25) is 5.02 Å². The topological polar surface area (TPSA) is 69.4 Å². The van der Waals surface area contributed by atoms with Crippen LogP contribution in [0.25, 0.3) is 0 Å². The van der Waals surface area contributed by atoms with Crippen LogP contribution >= 0.6 is 11.6 Å². The van der Waals surface area contributed by atoms with Crippen molar-refractivity contribution in [2.45, 2.75) is 34.9 Å². The molecule has 0 amide bonds. The van der Waals surface area contributed by atoms with Crippen molar-refractivity contribution in [3.05, 3.63) is 64.7 Å². The molecular weight excluding hydrogens is 358 g/mol. The number of hydrogen-bond acceptors (Lipinski definition) is 4. The van der Waals surface area contributed by atoms with Crippen molar-refractivity contribution >= 4 is 21.4 Å². The lowest BCUT2D eigenvalue weighted by molar-refractivity contribution is 0.171. The quantitative estimate of drug-likeness (QED) is 0.836. The van der Waals surface area contributed by atoms with Gasteiger partial charge < -0.3 is 10.5 Å². The molecular formula is C19H22ClNO3S. The Bertz CT molecular complexity index is 849. The van der Waals surface area contributed by atoms with E-state index < -0.39 is 20.6 Å². The molecule has 0 radical (unpaired) electrons. The van der Waals surface area contributed by atoms with Gasteiger partial charge in [0.05, 0.1) is 22.3 Å². The maximum absolute atomic E-state index is 13.1. The second kappa shape index (κ2) is 6.72. The Morgan fingerprint density at radius 3 is 2.24 bits per heavy atom. The maximum atomic E-state index is 13.1. The number of methoxy groups -OCH3 is 1. The van der Waals surface area contributed by atoms with Crippen LogP contribution in [-0.2, 0) is 21.0 Å². The summed E-state index contributed by atoms with van der Waals surface area (Å²) in [6.07, 6.45) is 0.934. The van der Waals surface area contributed by atoms with Gasteiger partial charge in [-0.3, -0.25) is 0 Å². The van der Waals surface area contributed by atoms with E-state index in [2.05, 4.69) is 6.92 Å². The summed E-state index contributed by atoms with van der Waals surface area (Å²) in [5.41, 5.74) is 7.68. The minimum atomic E-state index is -3.59. The number of rotatable bonds is 6. The summed E-state index contributed by atoms with van der Waals surface area (Å²) in [6, 6.07) is 14.2. The SMILES string of the molecule is CCc1ccc([C@@H]2[C@H](S(=O)(=O)c3ccc(Cl)cc3)[C@]2(N)COC)cc1. The third-order valence-electron chi connectivity index (χ3n) is 4.92. The Labute approximate surface area is 153 Å². The number of hydrogen-bond donors (Lipinski definition) is 1. The Morgan fingerprint density at radius 1 is 1.12 bits per heavy atom. The Hall–Kier alpha value is -1.40. The van der Waals surface area contributed by atoms with Gasteiger partial charge in [0.1, 0.15) is 0 Å². The zero-order chi connectivity index (χ0) is 18.2. The predicted molar refractivity (Wildman–Crippen MR) is 99.8 cm³/mol. The summed E-state index contributed by atoms with van der Waals surface area (Å²) in [5.74, 6) is -0.293. The van der Waals surface area contributed by atoms with Crippen molar-refractivity contribution in [3.8, 4) is 0 Å². The van der Waals surface area contributed by atoms with Crippen LogP contribution in [0.5, 0.6) is 0 Å². The predicted octanol–water partition coefficient (Wildman–Crippen LogP) is 3.19. The summed E-state index contributed by atoms with van der Waals surface area (Å²) in [7, 11) is -2.05. The van der Waals surface area contributed by atoms with Crippen LogP contribution in [-0.4, -0.2) is 32.9 Å². The molecule has 0 saturated heterocycles. The van der Waals surface area contributed by atoms with E-state index in [9.17, 15) is 8.42 Å². The van der Waals surface area contributed by atoms with Crippen LogP contribution in [0.4, 0.5) is 0 Å². The minimum absolute atomic E-state index is 0.185. The fraction of sp³-hybridized carbons (Fsp3) is 0.368. The van der Waals surface area contributed by atoms with Gasteiger partial charge in [0.2, 0.25) is 0 Å². The lowest BCUT2D eigenvalue weighted by Gasteiger charge is -2.11. The highest BCUT2D eigenvalue weighted by atomic mass is 35.5.